The number of hydrogen-bond donors (Lipinski definition) is 3. The third kappa shape index (κ3) is 8.02. The third-order valence-electron chi connectivity index (χ3n) is 10.6. The predicted molar refractivity (Wildman–Crippen MR) is 187 cm³/mol. The summed E-state index contributed by atoms with van der Waals surface area (Å²) in [6.45, 7) is 0. The van der Waals surface area contributed by atoms with Gasteiger partial charge in [-0.15, -0.1) is 0 Å². The maximum Gasteiger partial charge on any atom is 0.348 e. The molecule has 0 aromatic heterocycles. The van der Waals surface area contributed by atoms with Crippen molar-refractivity contribution in [2.45, 2.75) is 119 Å². The minimum absolute atomic E-state index is 0.0468. The monoisotopic (exact) mass is 778 g/mol. The van der Waals surface area contributed by atoms with Crippen molar-refractivity contribution in [3.8, 4) is 0 Å². The molecule has 3 aliphatic carbocycles. The molecule has 16 heteroatoms. The molecule has 298 valence electrons. The Labute approximate surface area is 321 Å². The molecule has 1 unspecified atom stereocenters. The van der Waals surface area contributed by atoms with Gasteiger partial charge in [0.15, 0.2) is 6.29 Å². The van der Waals surface area contributed by atoms with Gasteiger partial charge in [0.1, 0.15) is 16.7 Å². The lowest BCUT2D eigenvalue weighted by atomic mass is 9.87. The number of allylic oxidation sites excluding steroid dienone is 8. The summed E-state index contributed by atoms with van der Waals surface area (Å²) in [7, 11) is 0. The van der Waals surface area contributed by atoms with Crippen LogP contribution in [0.1, 0.15) is 89.9 Å². The first-order chi connectivity index (χ1) is 26.8. The Morgan fingerprint density at radius 3 is 1.34 bits per heavy atom. The van der Waals surface area contributed by atoms with Gasteiger partial charge < -0.3 is 53.2 Å². The number of carbonyl (C=O) groups excluding carboxylic acids is 5. The largest absolute Gasteiger partial charge is 0.480 e. The van der Waals surface area contributed by atoms with E-state index in [4.69, 9.17) is 37.9 Å². The van der Waals surface area contributed by atoms with E-state index < -0.39 is 71.2 Å². The van der Waals surface area contributed by atoms with E-state index in [0.29, 0.717) is 25.7 Å². The first-order valence-electron chi connectivity index (χ1n) is 18.7. The summed E-state index contributed by atoms with van der Waals surface area (Å²) in [6, 6.07) is 0. The molecule has 4 heterocycles. The number of hydrogen-bond acceptors (Lipinski definition) is 16. The van der Waals surface area contributed by atoms with E-state index in [1.165, 1.54) is 60.8 Å². The van der Waals surface area contributed by atoms with Crippen molar-refractivity contribution in [1.29, 1.82) is 0 Å². The van der Waals surface area contributed by atoms with Crippen molar-refractivity contribution in [2.75, 3.05) is 0 Å². The number of ether oxygens (including phenoxy) is 8. The van der Waals surface area contributed by atoms with Crippen LogP contribution in [0.5, 0.6) is 0 Å². The molecular formula is C40H42O16. The molecule has 4 spiro atoms. The standard InChI is InChI=1S/C40H42O16/c41-29-25(30(42)50-37(49-29)17-9-3-10-18-37)13-5-1-7-15-27-33(45)53-39(54-34(27)46)21-23-40(24-22-39)55-35(47)28(36(48)56-40)16-8-2-6-14-26-31(43)51-38(52-32(26)44)19-11-4-12-20-38/h1-2,5-8,13-16,33,41,45,47H,3-4,9-12,17-24H2. The van der Waals surface area contributed by atoms with Gasteiger partial charge in [-0.2, -0.15) is 0 Å². The van der Waals surface area contributed by atoms with Gasteiger partial charge in [0.25, 0.3) is 29.3 Å². The van der Waals surface area contributed by atoms with E-state index >= 15 is 0 Å². The van der Waals surface area contributed by atoms with Crippen LogP contribution in [0.15, 0.2) is 94.9 Å². The van der Waals surface area contributed by atoms with Crippen LogP contribution >= 0.6 is 0 Å². The minimum atomic E-state index is -1.66. The fourth-order valence-electron chi connectivity index (χ4n) is 7.63. The quantitative estimate of drug-likeness (QED) is 0.106. The summed E-state index contributed by atoms with van der Waals surface area (Å²) < 4.78 is 44.5. The molecule has 7 rings (SSSR count). The van der Waals surface area contributed by atoms with Crippen LogP contribution in [0.4, 0.5) is 0 Å². The second-order valence-corrected chi connectivity index (χ2v) is 14.5. The van der Waals surface area contributed by atoms with E-state index in [-0.39, 0.29) is 48.0 Å². The van der Waals surface area contributed by atoms with Crippen molar-refractivity contribution >= 4 is 29.8 Å². The Kier molecular flexibility index (Phi) is 10.7. The molecule has 5 fully saturated rings. The van der Waals surface area contributed by atoms with Crippen molar-refractivity contribution in [2.24, 2.45) is 0 Å². The van der Waals surface area contributed by atoms with Crippen LogP contribution in [-0.2, 0) is 61.9 Å². The summed E-state index contributed by atoms with van der Waals surface area (Å²) in [5.74, 6) is -10.7. The van der Waals surface area contributed by atoms with E-state index in [2.05, 4.69) is 0 Å². The maximum atomic E-state index is 12.9. The Balaban J connectivity index is 0.905. The Morgan fingerprint density at radius 1 is 0.446 bits per heavy atom. The second kappa shape index (κ2) is 15.5. The lowest BCUT2D eigenvalue weighted by molar-refractivity contribution is -0.335. The molecule has 0 radical (unpaired) electrons. The summed E-state index contributed by atoms with van der Waals surface area (Å²) in [6.07, 6.45) is 18.7. The average Bonchev–Trinajstić information content (AvgIpc) is 3.14. The lowest BCUT2D eigenvalue weighted by Crippen LogP contribution is -2.55. The molecule has 1 atom stereocenters. The third-order valence-corrected chi connectivity index (χ3v) is 10.6. The van der Waals surface area contributed by atoms with E-state index in [9.17, 15) is 39.3 Å². The lowest BCUT2D eigenvalue weighted by Gasteiger charge is -2.47. The molecule has 4 aliphatic heterocycles. The molecule has 56 heavy (non-hydrogen) atoms. The summed E-state index contributed by atoms with van der Waals surface area (Å²) in [5, 5.41) is 31.7. The molecular weight excluding hydrogens is 736 g/mol. The highest BCUT2D eigenvalue weighted by Crippen LogP contribution is 2.46. The van der Waals surface area contributed by atoms with Gasteiger partial charge in [-0.3, -0.25) is 0 Å². The zero-order valence-corrected chi connectivity index (χ0v) is 30.4. The number of carbonyl (C=O) groups is 5. The normalized spacial score (nSPS) is 27.9. The summed E-state index contributed by atoms with van der Waals surface area (Å²) in [5.41, 5.74) is -0.914. The predicted octanol–water partition coefficient (Wildman–Crippen LogP) is 5.03. The van der Waals surface area contributed by atoms with E-state index in [0.717, 1.165) is 38.5 Å². The van der Waals surface area contributed by atoms with Crippen LogP contribution in [-0.4, -0.2) is 74.6 Å². The summed E-state index contributed by atoms with van der Waals surface area (Å²) in [4.78, 5) is 63.4. The zero-order chi connectivity index (χ0) is 39.6. The molecule has 3 N–H and O–H groups in total. The van der Waals surface area contributed by atoms with Gasteiger partial charge in [0, 0.05) is 51.4 Å². The highest BCUT2D eigenvalue weighted by atomic mass is 16.8. The van der Waals surface area contributed by atoms with Gasteiger partial charge >= 0.3 is 29.8 Å². The number of aliphatic hydroxyl groups is 3. The highest BCUT2D eigenvalue weighted by molar-refractivity contribution is 6.15. The fourth-order valence-corrected chi connectivity index (χ4v) is 7.63. The topological polar surface area (TPSA) is 220 Å². The maximum absolute atomic E-state index is 12.9. The minimum Gasteiger partial charge on any atom is -0.480 e. The van der Waals surface area contributed by atoms with Crippen molar-refractivity contribution in [1.82, 2.24) is 0 Å². The van der Waals surface area contributed by atoms with Gasteiger partial charge in [-0.05, 0) is 50.0 Å². The SMILES string of the molecule is O=C1OC2(CCCCC2)OC(=O)C1=CC=CC=CC1=C(O)OC2(CCC3(CC2)OC(=O)C(=CC=CC=CC2=C(O)OC4(CCCCC4)OC2=O)C(O)O3)OC1=O. The smallest absolute Gasteiger partial charge is 0.348 e. The first-order valence-corrected chi connectivity index (χ1v) is 18.7. The van der Waals surface area contributed by atoms with Gasteiger partial charge in [0.2, 0.25) is 5.79 Å². The molecule has 0 bridgehead atoms. The van der Waals surface area contributed by atoms with Crippen LogP contribution in [0.25, 0.3) is 0 Å². The van der Waals surface area contributed by atoms with Crippen LogP contribution in [0.2, 0.25) is 0 Å². The molecule has 0 aromatic rings. The summed E-state index contributed by atoms with van der Waals surface area (Å²) >= 11 is 0. The zero-order valence-electron chi connectivity index (χ0n) is 30.4. The Hall–Kier alpha value is -5.61. The highest BCUT2D eigenvalue weighted by Gasteiger charge is 2.55. The number of esters is 5. The van der Waals surface area contributed by atoms with Crippen LogP contribution in [0.3, 0.4) is 0 Å². The molecule has 7 aliphatic rings. The van der Waals surface area contributed by atoms with Crippen LogP contribution in [0, 0.1) is 0 Å². The van der Waals surface area contributed by atoms with Crippen molar-refractivity contribution in [3.05, 3.63) is 94.9 Å². The van der Waals surface area contributed by atoms with Gasteiger partial charge in [-0.25, -0.2) is 24.0 Å². The van der Waals surface area contributed by atoms with Crippen molar-refractivity contribution < 1.29 is 77.2 Å². The molecule has 0 aromatic carbocycles. The van der Waals surface area contributed by atoms with Gasteiger partial charge in [-0.1, -0.05) is 49.3 Å². The molecule has 2 saturated heterocycles. The average molecular weight is 779 g/mol. The molecule has 16 nitrogen and oxygen atoms in total. The van der Waals surface area contributed by atoms with E-state index in [1.54, 1.807) is 0 Å². The number of aliphatic hydroxyl groups excluding tert-OH is 3. The second-order valence-electron chi connectivity index (χ2n) is 14.5. The molecule has 3 saturated carbocycles. The Bertz CT molecular complexity index is 1880. The first kappa shape index (κ1) is 38.7. The van der Waals surface area contributed by atoms with Gasteiger partial charge in [0.05, 0.1) is 5.57 Å². The molecule has 0 amide bonds. The number of rotatable bonds is 6. The fraction of sp³-hybridized carbons (Fsp3) is 0.475. The van der Waals surface area contributed by atoms with Crippen molar-refractivity contribution in [3.63, 3.8) is 0 Å². The van der Waals surface area contributed by atoms with Crippen LogP contribution < -0.4 is 0 Å². The Morgan fingerprint density at radius 2 is 0.857 bits per heavy atom. The van der Waals surface area contributed by atoms with E-state index in [1.807, 2.05) is 0 Å².